The van der Waals surface area contributed by atoms with Crippen LogP contribution in [0.3, 0.4) is 0 Å². The summed E-state index contributed by atoms with van der Waals surface area (Å²) in [6, 6.07) is 5.62. The first-order valence-corrected chi connectivity index (χ1v) is 6.00. The molecule has 0 bridgehead atoms. The SMILES string of the molecule is COCCc1c(OC)nc2cc(OC)ccc2c1N. The second-order valence-electron chi connectivity index (χ2n) is 4.14. The topological polar surface area (TPSA) is 66.6 Å². The Kier molecular flexibility index (Phi) is 4.06. The lowest BCUT2D eigenvalue weighted by molar-refractivity contribution is 0.201. The van der Waals surface area contributed by atoms with Crippen molar-refractivity contribution in [2.24, 2.45) is 0 Å². The fourth-order valence-corrected chi connectivity index (χ4v) is 2.03. The number of nitrogens with zero attached hydrogens (tertiary/aromatic N) is 1. The summed E-state index contributed by atoms with van der Waals surface area (Å²) in [6.45, 7) is 0.573. The Labute approximate surface area is 112 Å². The number of anilines is 1. The molecule has 0 unspecified atom stereocenters. The van der Waals surface area contributed by atoms with Gasteiger partial charge < -0.3 is 19.9 Å². The van der Waals surface area contributed by atoms with E-state index in [9.17, 15) is 0 Å². The van der Waals surface area contributed by atoms with Gasteiger partial charge in [-0.2, -0.15) is 0 Å². The molecule has 102 valence electrons. The zero-order valence-electron chi connectivity index (χ0n) is 11.4. The summed E-state index contributed by atoms with van der Waals surface area (Å²) in [5.41, 5.74) is 8.53. The van der Waals surface area contributed by atoms with Gasteiger partial charge in [0.1, 0.15) is 5.75 Å². The molecule has 5 nitrogen and oxygen atoms in total. The molecule has 2 N–H and O–H groups in total. The third-order valence-corrected chi connectivity index (χ3v) is 3.05. The summed E-state index contributed by atoms with van der Waals surface area (Å²) in [7, 11) is 4.86. The lowest BCUT2D eigenvalue weighted by atomic mass is 10.1. The molecule has 0 amide bonds. The normalized spacial score (nSPS) is 10.7. The highest BCUT2D eigenvalue weighted by Crippen LogP contribution is 2.32. The van der Waals surface area contributed by atoms with Gasteiger partial charge in [-0.1, -0.05) is 0 Å². The van der Waals surface area contributed by atoms with Gasteiger partial charge in [-0.3, -0.25) is 0 Å². The smallest absolute Gasteiger partial charge is 0.219 e. The molecule has 2 rings (SSSR count). The number of pyridine rings is 1. The maximum Gasteiger partial charge on any atom is 0.219 e. The first-order chi connectivity index (χ1) is 9.21. The predicted molar refractivity (Wildman–Crippen MR) is 74.8 cm³/mol. The Hall–Kier alpha value is -2.01. The molecule has 0 saturated carbocycles. The van der Waals surface area contributed by atoms with Gasteiger partial charge in [-0.15, -0.1) is 0 Å². The van der Waals surface area contributed by atoms with Crippen LogP contribution in [0.5, 0.6) is 11.6 Å². The van der Waals surface area contributed by atoms with Crippen LogP contribution in [0.25, 0.3) is 10.9 Å². The van der Waals surface area contributed by atoms with E-state index >= 15 is 0 Å². The van der Waals surface area contributed by atoms with E-state index in [-0.39, 0.29) is 0 Å². The van der Waals surface area contributed by atoms with Gasteiger partial charge in [0.2, 0.25) is 5.88 Å². The minimum absolute atomic E-state index is 0.537. The van der Waals surface area contributed by atoms with Crippen molar-refractivity contribution >= 4 is 16.6 Å². The van der Waals surface area contributed by atoms with Crippen LogP contribution in [-0.4, -0.2) is 32.9 Å². The highest BCUT2D eigenvalue weighted by Gasteiger charge is 2.13. The quantitative estimate of drug-likeness (QED) is 0.893. The van der Waals surface area contributed by atoms with Gasteiger partial charge in [-0.25, -0.2) is 4.98 Å². The van der Waals surface area contributed by atoms with E-state index in [0.29, 0.717) is 24.6 Å². The molecule has 0 fully saturated rings. The van der Waals surface area contributed by atoms with Crippen molar-refractivity contribution in [1.82, 2.24) is 4.98 Å². The molecule has 19 heavy (non-hydrogen) atoms. The van der Waals surface area contributed by atoms with Gasteiger partial charge in [0.05, 0.1) is 26.3 Å². The number of hydrogen-bond acceptors (Lipinski definition) is 5. The third kappa shape index (κ3) is 2.56. The first kappa shape index (κ1) is 13.4. The Morgan fingerprint density at radius 3 is 2.58 bits per heavy atom. The molecule has 5 heteroatoms. The van der Waals surface area contributed by atoms with Crippen LogP contribution < -0.4 is 15.2 Å². The molecule has 0 aliphatic heterocycles. The number of hydrogen-bond donors (Lipinski definition) is 1. The fraction of sp³-hybridized carbons (Fsp3) is 0.357. The molecule has 0 aliphatic carbocycles. The highest BCUT2D eigenvalue weighted by atomic mass is 16.5. The molecular formula is C14H18N2O3. The molecule has 0 aliphatic rings. The standard InChI is InChI=1S/C14H18N2O3/c1-17-7-6-11-13(15)10-5-4-9(18-2)8-12(10)16-14(11)19-3/h4-5,8H,6-7H2,1-3H3,(H2,15,16). The molecular weight excluding hydrogens is 244 g/mol. The van der Waals surface area contributed by atoms with Crippen molar-refractivity contribution in [3.05, 3.63) is 23.8 Å². The number of ether oxygens (including phenoxy) is 3. The Balaban J connectivity index is 2.59. The molecule has 2 aromatic rings. The number of aromatic nitrogens is 1. The number of benzene rings is 1. The second-order valence-corrected chi connectivity index (χ2v) is 4.14. The number of fused-ring (bicyclic) bond motifs is 1. The zero-order chi connectivity index (χ0) is 13.8. The van der Waals surface area contributed by atoms with Crippen LogP contribution in [0.2, 0.25) is 0 Å². The summed E-state index contributed by atoms with van der Waals surface area (Å²) < 4.78 is 15.6. The number of nitrogens with two attached hydrogens (primary N) is 1. The number of rotatable bonds is 5. The van der Waals surface area contributed by atoms with Crippen LogP contribution in [0.4, 0.5) is 5.69 Å². The van der Waals surface area contributed by atoms with Crippen LogP contribution in [0.15, 0.2) is 18.2 Å². The van der Waals surface area contributed by atoms with Gasteiger partial charge in [0.25, 0.3) is 0 Å². The molecule has 1 aromatic heterocycles. The summed E-state index contributed by atoms with van der Waals surface area (Å²) in [6.07, 6.45) is 0.667. The fourth-order valence-electron chi connectivity index (χ4n) is 2.03. The minimum Gasteiger partial charge on any atom is -0.497 e. The average Bonchev–Trinajstić information content (AvgIpc) is 2.45. The molecule has 1 heterocycles. The van der Waals surface area contributed by atoms with Gasteiger partial charge in [-0.05, 0) is 12.1 Å². The lowest BCUT2D eigenvalue weighted by Crippen LogP contribution is -2.05. The molecule has 0 saturated heterocycles. The molecule has 0 atom stereocenters. The van der Waals surface area contributed by atoms with E-state index in [2.05, 4.69) is 4.98 Å². The van der Waals surface area contributed by atoms with Crippen molar-refractivity contribution in [1.29, 1.82) is 0 Å². The largest absolute Gasteiger partial charge is 0.497 e. The monoisotopic (exact) mass is 262 g/mol. The Bertz CT molecular complexity index is 584. The van der Waals surface area contributed by atoms with Crippen LogP contribution in [-0.2, 0) is 11.2 Å². The lowest BCUT2D eigenvalue weighted by Gasteiger charge is -2.13. The number of methoxy groups -OCH3 is 3. The summed E-state index contributed by atoms with van der Waals surface area (Å²) in [5.74, 6) is 1.28. The molecule has 1 aromatic carbocycles. The highest BCUT2D eigenvalue weighted by molar-refractivity contribution is 5.93. The van der Waals surface area contributed by atoms with Crippen molar-refractivity contribution in [3.63, 3.8) is 0 Å². The van der Waals surface area contributed by atoms with E-state index in [4.69, 9.17) is 19.9 Å². The van der Waals surface area contributed by atoms with E-state index in [1.807, 2.05) is 18.2 Å². The van der Waals surface area contributed by atoms with Crippen LogP contribution >= 0.6 is 0 Å². The zero-order valence-corrected chi connectivity index (χ0v) is 11.4. The summed E-state index contributed by atoms with van der Waals surface area (Å²) in [5, 5.41) is 0.896. The van der Waals surface area contributed by atoms with Crippen LogP contribution in [0.1, 0.15) is 5.56 Å². The number of nitrogen functional groups attached to an aromatic ring is 1. The summed E-state index contributed by atoms with van der Waals surface area (Å²) >= 11 is 0. The van der Waals surface area contributed by atoms with E-state index in [1.54, 1.807) is 21.3 Å². The van der Waals surface area contributed by atoms with Crippen molar-refractivity contribution in [2.45, 2.75) is 6.42 Å². The second kappa shape index (κ2) is 5.75. The van der Waals surface area contributed by atoms with E-state index in [1.165, 1.54) is 0 Å². The Morgan fingerprint density at radius 2 is 1.95 bits per heavy atom. The van der Waals surface area contributed by atoms with Crippen molar-refractivity contribution in [3.8, 4) is 11.6 Å². The first-order valence-electron chi connectivity index (χ1n) is 6.00. The maximum absolute atomic E-state index is 6.21. The van der Waals surface area contributed by atoms with Gasteiger partial charge in [0.15, 0.2) is 0 Å². The third-order valence-electron chi connectivity index (χ3n) is 3.05. The average molecular weight is 262 g/mol. The Morgan fingerprint density at radius 1 is 1.16 bits per heavy atom. The predicted octanol–water partition coefficient (Wildman–Crippen LogP) is 2.02. The van der Waals surface area contributed by atoms with Gasteiger partial charge in [0, 0.05) is 36.2 Å². The van der Waals surface area contributed by atoms with Gasteiger partial charge >= 0.3 is 0 Å². The molecule has 0 radical (unpaired) electrons. The minimum atomic E-state index is 0.537. The maximum atomic E-state index is 6.21. The van der Waals surface area contributed by atoms with Crippen LogP contribution in [0, 0.1) is 0 Å². The van der Waals surface area contributed by atoms with Crippen molar-refractivity contribution < 1.29 is 14.2 Å². The van der Waals surface area contributed by atoms with E-state index < -0.39 is 0 Å². The summed E-state index contributed by atoms with van der Waals surface area (Å²) in [4.78, 5) is 4.48. The van der Waals surface area contributed by atoms with E-state index in [0.717, 1.165) is 22.2 Å². The van der Waals surface area contributed by atoms with Crippen molar-refractivity contribution in [2.75, 3.05) is 33.7 Å². The molecule has 0 spiro atoms.